The molecule has 1 aliphatic heterocycles. The van der Waals surface area contributed by atoms with Crippen LogP contribution in [0.15, 0.2) is 24.3 Å². The summed E-state index contributed by atoms with van der Waals surface area (Å²) in [5, 5.41) is 0. The van der Waals surface area contributed by atoms with Crippen molar-refractivity contribution in [1.29, 1.82) is 0 Å². The fraction of sp³-hybridized carbons (Fsp3) is 0.533. The summed E-state index contributed by atoms with van der Waals surface area (Å²) in [7, 11) is 1.86. The van der Waals surface area contributed by atoms with Crippen LogP contribution in [0.5, 0.6) is 0 Å². The summed E-state index contributed by atoms with van der Waals surface area (Å²) in [6.45, 7) is 4.60. The lowest BCUT2D eigenvalue weighted by Gasteiger charge is -2.34. The number of nitrogens with two attached hydrogens (primary N) is 1. The maximum atomic E-state index is 12.3. The third-order valence-corrected chi connectivity index (χ3v) is 3.65. The van der Waals surface area contributed by atoms with Gasteiger partial charge < -0.3 is 15.5 Å². The van der Waals surface area contributed by atoms with Gasteiger partial charge in [-0.25, -0.2) is 4.79 Å². The van der Waals surface area contributed by atoms with Crippen molar-refractivity contribution in [2.75, 3.05) is 25.9 Å². The van der Waals surface area contributed by atoms with Crippen LogP contribution in [0, 0.1) is 5.92 Å². The first-order valence-electron chi connectivity index (χ1n) is 6.90. The molecular weight excluding hydrogens is 238 g/mol. The van der Waals surface area contributed by atoms with Crippen LogP contribution < -0.4 is 5.73 Å². The van der Waals surface area contributed by atoms with Gasteiger partial charge >= 0.3 is 6.03 Å². The zero-order valence-corrected chi connectivity index (χ0v) is 11.8. The number of likely N-dealkylation sites (tertiary alicyclic amines) is 1. The smallest absolute Gasteiger partial charge is 0.320 e. The molecule has 19 heavy (non-hydrogen) atoms. The number of hydrogen-bond donors (Lipinski definition) is 1. The van der Waals surface area contributed by atoms with Crippen LogP contribution >= 0.6 is 0 Å². The van der Waals surface area contributed by atoms with Crippen LogP contribution in [0.2, 0.25) is 0 Å². The molecule has 1 aliphatic rings. The zero-order chi connectivity index (χ0) is 13.8. The predicted molar refractivity (Wildman–Crippen MR) is 77.7 cm³/mol. The number of anilines is 1. The molecule has 1 aromatic rings. The minimum absolute atomic E-state index is 0.128. The fourth-order valence-electron chi connectivity index (χ4n) is 2.57. The summed E-state index contributed by atoms with van der Waals surface area (Å²) in [5.74, 6) is 0.614. The van der Waals surface area contributed by atoms with Gasteiger partial charge in [0, 0.05) is 32.4 Å². The van der Waals surface area contributed by atoms with Crippen LogP contribution in [0.4, 0.5) is 10.5 Å². The SMILES string of the molecule is CC1CCCN(C(=O)N(C)Cc2ccc(N)cc2)C1. The molecule has 0 aromatic heterocycles. The first-order valence-corrected chi connectivity index (χ1v) is 6.90. The lowest BCUT2D eigenvalue weighted by molar-refractivity contribution is 0.137. The molecule has 0 spiro atoms. The summed E-state index contributed by atoms with van der Waals surface area (Å²) in [5.41, 5.74) is 7.52. The number of carbonyl (C=O) groups excluding carboxylic acids is 1. The van der Waals surface area contributed by atoms with Crippen molar-refractivity contribution in [1.82, 2.24) is 9.80 Å². The van der Waals surface area contributed by atoms with Gasteiger partial charge in [0.1, 0.15) is 0 Å². The highest BCUT2D eigenvalue weighted by molar-refractivity contribution is 5.74. The topological polar surface area (TPSA) is 49.6 Å². The van der Waals surface area contributed by atoms with Crippen molar-refractivity contribution in [2.24, 2.45) is 5.92 Å². The molecule has 2 amide bonds. The second kappa shape index (κ2) is 5.95. The van der Waals surface area contributed by atoms with Gasteiger partial charge in [0.15, 0.2) is 0 Å². The molecule has 1 saturated heterocycles. The molecule has 1 heterocycles. The average molecular weight is 261 g/mol. The third kappa shape index (κ3) is 3.63. The zero-order valence-electron chi connectivity index (χ0n) is 11.8. The minimum Gasteiger partial charge on any atom is -0.399 e. The molecule has 0 aliphatic carbocycles. The van der Waals surface area contributed by atoms with Crippen LogP contribution in [0.25, 0.3) is 0 Å². The van der Waals surface area contributed by atoms with Crippen LogP contribution in [-0.4, -0.2) is 36.0 Å². The molecule has 0 bridgehead atoms. The summed E-state index contributed by atoms with van der Waals surface area (Å²) in [6.07, 6.45) is 2.34. The largest absolute Gasteiger partial charge is 0.399 e. The number of benzene rings is 1. The maximum Gasteiger partial charge on any atom is 0.320 e. The van der Waals surface area contributed by atoms with Gasteiger partial charge in [0.2, 0.25) is 0 Å². The van der Waals surface area contributed by atoms with Gasteiger partial charge in [-0.2, -0.15) is 0 Å². The Morgan fingerprint density at radius 2 is 2.11 bits per heavy atom. The Kier molecular flexibility index (Phi) is 4.30. The Labute approximate surface area is 115 Å². The van der Waals surface area contributed by atoms with Gasteiger partial charge in [0.05, 0.1) is 0 Å². The maximum absolute atomic E-state index is 12.3. The van der Waals surface area contributed by atoms with E-state index in [1.54, 1.807) is 4.90 Å². The number of nitrogens with zero attached hydrogens (tertiary/aromatic N) is 2. The summed E-state index contributed by atoms with van der Waals surface area (Å²) in [6, 6.07) is 7.81. The number of rotatable bonds is 2. The molecule has 4 nitrogen and oxygen atoms in total. The number of hydrogen-bond acceptors (Lipinski definition) is 2. The van der Waals surface area contributed by atoms with Crippen LogP contribution in [0.1, 0.15) is 25.3 Å². The Balaban J connectivity index is 1.93. The Morgan fingerprint density at radius 1 is 1.42 bits per heavy atom. The monoisotopic (exact) mass is 261 g/mol. The quantitative estimate of drug-likeness (QED) is 0.832. The molecule has 0 radical (unpaired) electrons. The molecule has 0 saturated carbocycles. The molecule has 1 unspecified atom stereocenters. The Hall–Kier alpha value is -1.71. The lowest BCUT2D eigenvalue weighted by atomic mass is 10.0. The number of nitrogen functional groups attached to an aromatic ring is 1. The number of amides is 2. The number of urea groups is 1. The normalized spacial score (nSPS) is 19.3. The van der Waals surface area contributed by atoms with E-state index >= 15 is 0 Å². The van der Waals surface area contributed by atoms with Crippen molar-refractivity contribution < 1.29 is 4.79 Å². The van der Waals surface area contributed by atoms with Gasteiger partial charge in [-0.1, -0.05) is 19.1 Å². The lowest BCUT2D eigenvalue weighted by Crippen LogP contribution is -2.45. The average Bonchev–Trinajstić information content (AvgIpc) is 2.40. The van der Waals surface area contributed by atoms with Gasteiger partial charge in [-0.15, -0.1) is 0 Å². The second-order valence-corrected chi connectivity index (χ2v) is 5.57. The number of piperidine rings is 1. The summed E-state index contributed by atoms with van der Waals surface area (Å²) >= 11 is 0. The van der Waals surface area contributed by atoms with Crippen LogP contribution in [0.3, 0.4) is 0 Å². The van der Waals surface area contributed by atoms with Gasteiger partial charge in [0.25, 0.3) is 0 Å². The fourth-order valence-corrected chi connectivity index (χ4v) is 2.57. The van der Waals surface area contributed by atoms with E-state index in [2.05, 4.69) is 6.92 Å². The van der Waals surface area contributed by atoms with Crippen molar-refractivity contribution >= 4 is 11.7 Å². The van der Waals surface area contributed by atoms with Crippen molar-refractivity contribution in [3.8, 4) is 0 Å². The van der Waals surface area contributed by atoms with Crippen LogP contribution in [-0.2, 0) is 6.54 Å². The Bertz CT molecular complexity index is 430. The van der Waals surface area contributed by atoms with E-state index in [1.807, 2.05) is 36.2 Å². The molecular formula is C15H23N3O. The molecule has 1 fully saturated rings. The van der Waals surface area contributed by atoms with Crippen molar-refractivity contribution in [3.63, 3.8) is 0 Å². The molecule has 4 heteroatoms. The van der Waals surface area contributed by atoms with Crippen molar-refractivity contribution in [3.05, 3.63) is 29.8 Å². The first kappa shape index (κ1) is 13.7. The highest BCUT2D eigenvalue weighted by Gasteiger charge is 2.23. The van der Waals surface area contributed by atoms with E-state index in [0.29, 0.717) is 12.5 Å². The molecule has 104 valence electrons. The third-order valence-electron chi connectivity index (χ3n) is 3.65. The Morgan fingerprint density at radius 3 is 2.74 bits per heavy atom. The molecule has 1 aromatic carbocycles. The van der Waals surface area contributed by atoms with Crippen molar-refractivity contribution in [2.45, 2.75) is 26.3 Å². The molecule has 2 rings (SSSR count). The van der Waals surface area contributed by atoms with E-state index in [-0.39, 0.29) is 6.03 Å². The summed E-state index contributed by atoms with van der Waals surface area (Å²) < 4.78 is 0. The number of carbonyl (C=O) groups is 1. The molecule has 1 atom stereocenters. The highest BCUT2D eigenvalue weighted by atomic mass is 16.2. The van der Waals surface area contributed by atoms with Gasteiger partial charge in [-0.3, -0.25) is 0 Å². The van der Waals surface area contributed by atoms with E-state index in [4.69, 9.17) is 5.73 Å². The van der Waals surface area contributed by atoms with E-state index in [0.717, 1.165) is 30.8 Å². The standard InChI is InChI=1S/C15H23N3O/c1-12-4-3-9-18(10-12)15(19)17(2)11-13-5-7-14(16)8-6-13/h5-8,12H,3-4,9-11,16H2,1-2H3. The highest BCUT2D eigenvalue weighted by Crippen LogP contribution is 2.17. The second-order valence-electron chi connectivity index (χ2n) is 5.57. The molecule has 2 N–H and O–H groups in total. The van der Waals surface area contributed by atoms with E-state index in [1.165, 1.54) is 6.42 Å². The first-order chi connectivity index (χ1) is 9.06. The van der Waals surface area contributed by atoms with Gasteiger partial charge in [-0.05, 0) is 36.5 Å². The van der Waals surface area contributed by atoms with E-state index < -0.39 is 0 Å². The minimum atomic E-state index is 0.128. The predicted octanol–water partition coefficient (Wildman–Crippen LogP) is 2.55. The summed E-state index contributed by atoms with van der Waals surface area (Å²) in [4.78, 5) is 16.1. The van der Waals surface area contributed by atoms with E-state index in [9.17, 15) is 4.79 Å².